The van der Waals surface area contributed by atoms with Crippen LogP contribution < -0.4 is 0 Å². The number of allylic oxidation sites excluding steroid dienone is 1. The van der Waals surface area contributed by atoms with Crippen molar-refractivity contribution in [3.05, 3.63) is 82.6 Å². The van der Waals surface area contributed by atoms with E-state index < -0.39 is 0 Å². The van der Waals surface area contributed by atoms with Crippen molar-refractivity contribution in [2.24, 2.45) is 10.9 Å². The van der Waals surface area contributed by atoms with Gasteiger partial charge in [-0.25, -0.2) is 4.79 Å². The highest BCUT2D eigenvalue weighted by Gasteiger charge is 2.44. The fraction of sp³-hybridized carbons (Fsp3) is 0.346. The predicted molar refractivity (Wildman–Crippen MR) is 118 cm³/mol. The van der Waals surface area contributed by atoms with Gasteiger partial charge in [-0.3, -0.25) is 9.79 Å². The molecule has 1 fully saturated rings. The summed E-state index contributed by atoms with van der Waals surface area (Å²) in [7, 11) is 0. The molecule has 4 heteroatoms. The Morgan fingerprint density at radius 2 is 1.73 bits per heavy atom. The SMILES string of the molecule is CC1=C(C(=O)OCCc2ccccc2)[C@H](c2ccccc2C)C2C(=O)CCCC2=N1. The maximum Gasteiger partial charge on any atom is 0.336 e. The van der Waals surface area contributed by atoms with Crippen LogP contribution in [0.4, 0.5) is 0 Å². The van der Waals surface area contributed by atoms with E-state index in [-0.39, 0.29) is 23.6 Å². The minimum absolute atomic E-state index is 0.176. The molecule has 2 aromatic rings. The number of ether oxygens (including phenoxy) is 1. The van der Waals surface area contributed by atoms with Crippen LogP contribution in [0.5, 0.6) is 0 Å². The summed E-state index contributed by atoms with van der Waals surface area (Å²) in [6.45, 7) is 4.19. The minimum Gasteiger partial charge on any atom is -0.462 e. The van der Waals surface area contributed by atoms with E-state index in [1.54, 1.807) is 0 Å². The van der Waals surface area contributed by atoms with Crippen LogP contribution in [0.15, 0.2) is 70.9 Å². The van der Waals surface area contributed by atoms with Gasteiger partial charge >= 0.3 is 5.97 Å². The first kappa shape index (κ1) is 20.3. The van der Waals surface area contributed by atoms with Crippen LogP contribution in [0.1, 0.15) is 48.8 Å². The molecule has 0 saturated heterocycles. The molecular weight excluding hydrogens is 374 g/mol. The second-order valence-corrected chi connectivity index (χ2v) is 8.11. The molecule has 30 heavy (non-hydrogen) atoms. The van der Waals surface area contributed by atoms with E-state index in [4.69, 9.17) is 9.73 Å². The van der Waals surface area contributed by atoms with Crippen LogP contribution in [0.25, 0.3) is 0 Å². The zero-order chi connectivity index (χ0) is 21.1. The smallest absolute Gasteiger partial charge is 0.336 e. The molecule has 0 bridgehead atoms. The first-order valence-corrected chi connectivity index (χ1v) is 10.6. The molecule has 2 atom stereocenters. The average molecular weight is 402 g/mol. The van der Waals surface area contributed by atoms with Gasteiger partial charge in [0.05, 0.1) is 18.1 Å². The number of rotatable bonds is 5. The van der Waals surface area contributed by atoms with Crippen LogP contribution in [0.3, 0.4) is 0 Å². The van der Waals surface area contributed by atoms with Gasteiger partial charge in [-0.1, -0.05) is 54.6 Å². The summed E-state index contributed by atoms with van der Waals surface area (Å²) >= 11 is 0. The monoisotopic (exact) mass is 401 g/mol. The summed E-state index contributed by atoms with van der Waals surface area (Å²) in [5, 5.41) is 0. The molecule has 2 aromatic carbocycles. The molecule has 154 valence electrons. The van der Waals surface area contributed by atoms with E-state index in [2.05, 4.69) is 0 Å². The van der Waals surface area contributed by atoms with E-state index in [1.807, 2.05) is 68.4 Å². The largest absolute Gasteiger partial charge is 0.462 e. The number of nitrogens with zero attached hydrogens (tertiary/aromatic N) is 1. The highest BCUT2D eigenvalue weighted by Crippen LogP contribution is 2.43. The number of ketones is 1. The molecule has 2 aliphatic rings. The van der Waals surface area contributed by atoms with Crippen molar-refractivity contribution < 1.29 is 14.3 Å². The molecule has 4 nitrogen and oxygen atoms in total. The van der Waals surface area contributed by atoms with Gasteiger partial charge in [0.15, 0.2) is 0 Å². The lowest BCUT2D eigenvalue weighted by Crippen LogP contribution is -2.39. The van der Waals surface area contributed by atoms with Crippen molar-refractivity contribution in [1.29, 1.82) is 0 Å². The lowest BCUT2D eigenvalue weighted by Gasteiger charge is -2.36. The van der Waals surface area contributed by atoms with Crippen LogP contribution >= 0.6 is 0 Å². The lowest BCUT2D eigenvalue weighted by molar-refractivity contribution is -0.139. The number of Topliss-reactive ketones (excluding diaryl/α,β-unsaturated/α-hetero) is 1. The molecule has 1 saturated carbocycles. The fourth-order valence-electron chi connectivity index (χ4n) is 4.64. The van der Waals surface area contributed by atoms with Gasteiger partial charge in [-0.15, -0.1) is 0 Å². The number of aliphatic imine (C=N–C) groups is 1. The lowest BCUT2D eigenvalue weighted by atomic mass is 9.69. The molecule has 0 N–H and O–H groups in total. The quantitative estimate of drug-likeness (QED) is 0.665. The van der Waals surface area contributed by atoms with Crippen molar-refractivity contribution in [3.8, 4) is 0 Å². The van der Waals surface area contributed by atoms with Crippen molar-refractivity contribution in [2.45, 2.75) is 45.4 Å². The van der Waals surface area contributed by atoms with Crippen LogP contribution in [-0.2, 0) is 20.7 Å². The van der Waals surface area contributed by atoms with Gasteiger partial charge in [0.1, 0.15) is 5.78 Å². The van der Waals surface area contributed by atoms with Gasteiger partial charge in [-0.05, 0) is 43.4 Å². The first-order valence-electron chi connectivity index (χ1n) is 10.6. The number of benzene rings is 2. The van der Waals surface area contributed by atoms with Gasteiger partial charge in [0.2, 0.25) is 0 Å². The third-order valence-corrected chi connectivity index (χ3v) is 6.12. The van der Waals surface area contributed by atoms with Gasteiger partial charge < -0.3 is 4.74 Å². The number of aryl methyl sites for hydroxylation is 1. The van der Waals surface area contributed by atoms with Crippen molar-refractivity contribution >= 4 is 17.5 Å². The van der Waals surface area contributed by atoms with Gasteiger partial charge in [0, 0.05) is 30.2 Å². The molecule has 0 aromatic heterocycles. The second-order valence-electron chi connectivity index (χ2n) is 8.11. The summed E-state index contributed by atoms with van der Waals surface area (Å²) in [6.07, 6.45) is 2.84. The minimum atomic E-state index is -0.363. The molecule has 0 radical (unpaired) electrons. The zero-order valence-electron chi connectivity index (χ0n) is 17.6. The van der Waals surface area contributed by atoms with Crippen LogP contribution in [-0.4, -0.2) is 24.1 Å². The zero-order valence-corrected chi connectivity index (χ0v) is 17.6. The molecule has 0 spiro atoms. The van der Waals surface area contributed by atoms with E-state index in [0.29, 0.717) is 30.7 Å². The normalized spacial score (nSPS) is 21.1. The number of fused-ring (bicyclic) bond motifs is 1. The van der Waals surface area contributed by atoms with E-state index >= 15 is 0 Å². The van der Waals surface area contributed by atoms with Crippen molar-refractivity contribution in [2.75, 3.05) is 6.61 Å². The highest BCUT2D eigenvalue weighted by atomic mass is 16.5. The van der Waals surface area contributed by atoms with E-state index in [1.165, 1.54) is 0 Å². The molecule has 1 aliphatic carbocycles. The molecule has 1 heterocycles. The molecular formula is C26H27NO3. The Hall–Kier alpha value is -3.01. The fourth-order valence-corrected chi connectivity index (χ4v) is 4.64. The Morgan fingerprint density at radius 3 is 2.50 bits per heavy atom. The second kappa shape index (κ2) is 8.78. The first-order chi connectivity index (χ1) is 14.6. The summed E-state index contributed by atoms with van der Waals surface area (Å²) in [4.78, 5) is 30.9. The number of carbonyl (C=O) groups excluding carboxylic acids is 2. The maximum absolute atomic E-state index is 13.2. The predicted octanol–water partition coefficient (Wildman–Crippen LogP) is 4.96. The third kappa shape index (κ3) is 4.00. The molecule has 4 rings (SSSR count). The number of esters is 1. The maximum atomic E-state index is 13.2. The standard InChI is InChI=1S/C26H27NO3/c1-17-9-6-7-12-20(17)24-23(18(2)27-21-13-8-14-22(28)25(21)24)26(29)30-16-15-19-10-4-3-5-11-19/h3-7,9-12,24-25H,8,13-16H2,1-2H3/t24-,25?/m0/s1. The van der Waals surface area contributed by atoms with Crippen LogP contribution in [0.2, 0.25) is 0 Å². The summed E-state index contributed by atoms with van der Waals surface area (Å²) in [6, 6.07) is 18.0. The number of carbonyl (C=O) groups is 2. The van der Waals surface area contributed by atoms with Crippen molar-refractivity contribution in [1.82, 2.24) is 0 Å². The van der Waals surface area contributed by atoms with Crippen LogP contribution in [0, 0.1) is 12.8 Å². The number of hydrogen-bond acceptors (Lipinski definition) is 4. The summed E-state index contributed by atoms with van der Waals surface area (Å²) in [5.41, 5.74) is 5.33. The summed E-state index contributed by atoms with van der Waals surface area (Å²) in [5.74, 6) is -0.871. The Kier molecular flexibility index (Phi) is 5.93. The average Bonchev–Trinajstić information content (AvgIpc) is 2.74. The van der Waals surface area contributed by atoms with E-state index in [9.17, 15) is 9.59 Å². The molecule has 1 aliphatic heterocycles. The number of hydrogen-bond donors (Lipinski definition) is 0. The van der Waals surface area contributed by atoms with Gasteiger partial charge in [0.25, 0.3) is 0 Å². The summed E-state index contributed by atoms with van der Waals surface area (Å²) < 4.78 is 5.69. The Bertz CT molecular complexity index is 1020. The van der Waals surface area contributed by atoms with Crippen molar-refractivity contribution in [3.63, 3.8) is 0 Å². The van der Waals surface area contributed by atoms with Gasteiger partial charge in [-0.2, -0.15) is 0 Å². The highest BCUT2D eigenvalue weighted by molar-refractivity contribution is 6.11. The Balaban J connectivity index is 1.65. The Morgan fingerprint density at radius 1 is 1.00 bits per heavy atom. The van der Waals surface area contributed by atoms with E-state index in [0.717, 1.165) is 35.2 Å². The molecule has 0 amide bonds. The Labute approximate surface area is 177 Å². The topological polar surface area (TPSA) is 55.7 Å². The third-order valence-electron chi connectivity index (χ3n) is 6.12. The molecule has 1 unspecified atom stereocenters.